The quantitative estimate of drug-likeness (QED) is 0.623. The van der Waals surface area contributed by atoms with Gasteiger partial charge in [0.05, 0.1) is 24.0 Å². The van der Waals surface area contributed by atoms with Gasteiger partial charge in [-0.15, -0.1) is 0 Å². The number of nitrogens with zero attached hydrogens (tertiary/aromatic N) is 2. The normalized spacial score (nSPS) is 20.6. The van der Waals surface area contributed by atoms with Gasteiger partial charge in [-0.3, -0.25) is 9.59 Å². The van der Waals surface area contributed by atoms with Gasteiger partial charge in [0, 0.05) is 46.0 Å². The van der Waals surface area contributed by atoms with E-state index in [2.05, 4.69) is 9.88 Å². The molecular weight excluding hydrogens is 382 g/mol. The number of rotatable bonds is 9. The number of Topliss-reactive ketones (excluding diaryl/α,β-unsaturated/α-hetero) is 1. The number of hydrogen-bond acceptors (Lipinski definition) is 5. The number of methoxy groups -OCH3 is 1. The Hall–Kier alpha value is -1.70. The summed E-state index contributed by atoms with van der Waals surface area (Å²) in [4.78, 5) is 33.1. The minimum Gasteiger partial charge on any atom is -0.383 e. The molecule has 1 unspecified atom stereocenters. The highest BCUT2D eigenvalue weighted by Crippen LogP contribution is 2.25. The van der Waals surface area contributed by atoms with E-state index in [0.717, 1.165) is 76.3 Å². The zero-order valence-corrected chi connectivity index (χ0v) is 19.0. The average molecular weight is 420 g/mol. The summed E-state index contributed by atoms with van der Waals surface area (Å²) in [6.45, 7) is 11.3. The number of ether oxygens (including phenoxy) is 2. The van der Waals surface area contributed by atoms with Gasteiger partial charge < -0.3 is 24.3 Å². The van der Waals surface area contributed by atoms with Gasteiger partial charge in [-0.05, 0) is 64.1 Å². The van der Waals surface area contributed by atoms with Crippen molar-refractivity contribution in [1.29, 1.82) is 0 Å². The molecule has 2 aliphatic rings. The molecule has 0 bridgehead atoms. The zero-order chi connectivity index (χ0) is 21.7. The van der Waals surface area contributed by atoms with Crippen LogP contribution in [0.25, 0.3) is 0 Å². The molecule has 168 valence electrons. The van der Waals surface area contributed by atoms with E-state index in [-0.39, 0.29) is 17.8 Å². The minimum absolute atomic E-state index is 0.0195. The van der Waals surface area contributed by atoms with Crippen LogP contribution in [0.3, 0.4) is 0 Å². The van der Waals surface area contributed by atoms with Gasteiger partial charge in [-0.1, -0.05) is 0 Å². The average Bonchev–Trinajstić information content (AvgIpc) is 3.34. The number of aromatic nitrogens is 1. The van der Waals surface area contributed by atoms with E-state index in [4.69, 9.17) is 9.47 Å². The van der Waals surface area contributed by atoms with E-state index in [1.54, 1.807) is 7.11 Å². The molecule has 7 heteroatoms. The van der Waals surface area contributed by atoms with Crippen molar-refractivity contribution in [2.75, 3.05) is 53.0 Å². The molecule has 1 N–H and O–H groups in total. The third-order valence-electron chi connectivity index (χ3n) is 6.54. The van der Waals surface area contributed by atoms with Crippen molar-refractivity contribution in [3.8, 4) is 0 Å². The van der Waals surface area contributed by atoms with E-state index in [0.29, 0.717) is 23.7 Å². The third-order valence-corrected chi connectivity index (χ3v) is 6.54. The van der Waals surface area contributed by atoms with Crippen LogP contribution in [-0.2, 0) is 9.47 Å². The van der Waals surface area contributed by atoms with Crippen LogP contribution in [0.15, 0.2) is 0 Å². The van der Waals surface area contributed by atoms with Crippen molar-refractivity contribution in [3.05, 3.63) is 22.5 Å². The molecule has 7 nitrogen and oxygen atoms in total. The first-order chi connectivity index (χ1) is 14.4. The van der Waals surface area contributed by atoms with Gasteiger partial charge in [0.1, 0.15) is 0 Å². The number of hydrogen-bond donors (Lipinski definition) is 1. The third kappa shape index (κ3) is 5.50. The maximum Gasteiger partial charge on any atom is 0.256 e. The predicted molar refractivity (Wildman–Crippen MR) is 116 cm³/mol. The van der Waals surface area contributed by atoms with Crippen molar-refractivity contribution in [2.24, 2.45) is 5.92 Å². The van der Waals surface area contributed by atoms with E-state index in [9.17, 15) is 9.59 Å². The van der Waals surface area contributed by atoms with Crippen molar-refractivity contribution >= 4 is 11.7 Å². The second-order valence-corrected chi connectivity index (χ2v) is 8.80. The smallest absolute Gasteiger partial charge is 0.256 e. The van der Waals surface area contributed by atoms with Crippen LogP contribution >= 0.6 is 0 Å². The number of likely N-dealkylation sites (tertiary alicyclic amines) is 1. The molecule has 3 heterocycles. The van der Waals surface area contributed by atoms with Gasteiger partial charge in [-0.2, -0.15) is 0 Å². The Labute approximate surface area is 180 Å². The summed E-state index contributed by atoms with van der Waals surface area (Å²) in [7, 11) is 1.74. The molecule has 30 heavy (non-hydrogen) atoms. The highest BCUT2D eigenvalue weighted by atomic mass is 16.5. The number of aromatic amines is 1. The summed E-state index contributed by atoms with van der Waals surface area (Å²) in [6, 6.07) is 0. The summed E-state index contributed by atoms with van der Waals surface area (Å²) >= 11 is 0. The molecule has 0 spiro atoms. The standard InChI is InChI=1S/C23H37N3O4/c1-16-21(17(2)24-22(16)18(3)27)23(28)26(15-20-6-5-12-30-20)14-19-7-9-25(10-8-19)11-13-29-4/h19-20,24H,5-15H2,1-4H3. The van der Waals surface area contributed by atoms with E-state index in [1.807, 2.05) is 18.7 Å². The van der Waals surface area contributed by atoms with Gasteiger partial charge in [0.2, 0.25) is 0 Å². The molecule has 1 atom stereocenters. The van der Waals surface area contributed by atoms with Crippen molar-refractivity contribution < 1.29 is 19.1 Å². The van der Waals surface area contributed by atoms with Crippen LogP contribution in [0, 0.1) is 19.8 Å². The van der Waals surface area contributed by atoms with Gasteiger partial charge in [0.15, 0.2) is 5.78 Å². The van der Waals surface area contributed by atoms with Gasteiger partial charge in [0.25, 0.3) is 5.91 Å². The summed E-state index contributed by atoms with van der Waals surface area (Å²) in [5.41, 5.74) is 2.72. The Bertz CT molecular complexity index is 731. The molecule has 0 radical (unpaired) electrons. The Morgan fingerprint density at radius 2 is 1.93 bits per heavy atom. The number of aryl methyl sites for hydroxylation is 1. The molecule has 1 amide bonds. The second kappa shape index (κ2) is 10.6. The fourth-order valence-electron chi connectivity index (χ4n) is 4.78. The molecule has 0 saturated carbocycles. The SMILES string of the molecule is COCCN1CCC(CN(CC2CCCO2)C(=O)c2c(C)[nH]c(C(C)=O)c2C)CC1. The highest BCUT2D eigenvalue weighted by Gasteiger charge is 2.30. The molecule has 2 fully saturated rings. The summed E-state index contributed by atoms with van der Waals surface area (Å²) in [5, 5.41) is 0. The number of ketones is 1. The first kappa shape index (κ1) is 23.0. The second-order valence-electron chi connectivity index (χ2n) is 8.80. The number of carbonyl (C=O) groups is 2. The Balaban J connectivity index is 1.71. The fourth-order valence-corrected chi connectivity index (χ4v) is 4.78. The number of piperidine rings is 1. The van der Waals surface area contributed by atoms with Crippen molar-refractivity contribution in [2.45, 2.75) is 52.6 Å². The lowest BCUT2D eigenvalue weighted by atomic mass is 9.95. The predicted octanol–water partition coefficient (Wildman–Crippen LogP) is 2.81. The van der Waals surface area contributed by atoms with E-state index >= 15 is 0 Å². The number of H-pyrrole nitrogens is 1. The van der Waals surface area contributed by atoms with E-state index in [1.165, 1.54) is 6.92 Å². The molecule has 1 aromatic heterocycles. The molecular formula is C23H37N3O4. The summed E-state index contributed by atoms with van der Waals surface area (Å²) in [5.74, 6) is 0.468. The molecule has 1 aromatic rings. The van der Waals surface area contributed by atoms with Crippen molar-refractivity contribution in [1.82, 2.24) is 14.8 Å². The lowest BCUT2D eigenvalue weighted by Gasteiger charge is -2.35. The lowest BCUT2D eigenvalue weighted by molar-refractivity contribution is 0.0436. The molecule has 0 aromatic carbocycles. The van der Waals surface area contributed by atoms with E-state index < -0.39 is 0 Å². The molecule has 2 saturated heterocycles. The topological polar surface area (TPSA) is 74.9 Å². The molecule has 0 aliphatic carbocycles. The summed E-state index contributed by atoms with van der Waals surface area (Å²) in [6.07, 6.45) is 4.35. The van der Waals surface area contributed by atoms with Crippen LogP contribution in [0.5, 0.6) is 0 Å². The van der Waals surface area contributed by atoms with Gasteiger partial charge in [-0.25, -0.2) is 0 Å². The zero-order valence-electron chi connectivity index (χ0n) is 19.0. The van der Waals surface area contributed by atoms with Crippen LogP contribution < -0.4 is 0 Å². The lowest BCUT2D eigenvalue weighted by Crippen LogP contribution is -2.44. The van der Waals surface area contributed by atoms with Crippen LogP contribution in [0.1, 0.15) is 64.7 Å². The highest BCUT2D eigenvalue weighted by molar-refractivity contribution is 6.02. The minimum atomic E-state index is -0.0382. The van der Waals surface area contributed by atoms with Crippen LogP contribution in [-0.4, -0.2) is 85.6 Å². The largest absolute Gasteiger partial charge is 0.383 e. The van der Waals surface area contributed by atoms with Crippen molar-refractivity contribution in [3.63, 3.8) is 0 Å². The van der Waals surface area contributed by atoms with Crippen LogP contribution in [0.2, 0.25) is 0 Å². The monoisotopic (exact) mass is 419 g/mol. The molecule has 2 aliphatic heterocycles. The van der Waals surface area contributed by atoms with Gasteiger partial charge >= 0.3 is 0 Å². The maximum atomic E-state index is 13.6. The Kier molecular flexibility index (Phi) is 8.08. The number of carbonyl (C=O) groups excluding carboxylic acids is 2. The number of amides is 1. The molecule has 3 rings (SSSR count). The van der Waals surface area contributed by atoms with Crippen LogP contribution in [0.4, 0.5) is 0 Å². The first-order valence-electron chi connectivity index (χ1n) is 11.2. The first-order valence-corrected chi connectivity index (χ1v) is 11.2. The Morgan fingerprint density at radius 3 is 2.50 bits per heavy atom. The Morgan fingerprint density at radius 1 is 1.20 bits per heavy atom. The maximum absolute atomic E-state index is 13.6. The number of nitrogens with one attached hydrogen (secondary N) is 1. The fraction of sp³-hybridized carbons (Fsp3) is 0.739. The summed E-state index contributed by atoms with van der Waals surface area (Å²) < 4.78 is 11.0.